The smallest absolute Gasteiger partial charge is 0.303 e. The van der Waals surface area contributed by atoms with Crippen LogP contribution >= 0.6 is 0 Å². The SMILES string of the molecule is C=C(C)[C@@H](OC(C)=O)C1C[C@@H](C)[C@H]2C(O1)[C@H](O)[C@@]1(C)C3CC[C@H]4C(C)(C)[C@@H](O[C@H]5CN(CC(=O)N(C)C)CCO5)CC[C@@]45C[C@@]35CC[C@]21C. The summed E-state index contributed by atoms with van der Waals surface area (Å²) in [6.45, 7) is 22.0. The first-order valence-electron chi connectivity index (χ1n) is 19.3. The van der Waals surface area contributed by atoms with Crippen LogP contribution in [-0.4, -0.2) is 104 Å². The number of aliphatic hydroxyl groups is 1. The molecule has 5 saturated carbocycles. The number of amides is 1. The third-order valence-corrected chi connectivity index (χ3v) is 16.2. The Hall–Kier alpha value is -1.52. The first-order chi connectivity index (χ1) is 22.9. The maximum Gasteiger partial charge on any atom is 0.303 e. The van der Waals surface area contributed by atoms with Crippen molar-refractivity contribution >= 4 is 11.9 Å². The van der Waals surface area contributed by atoms with Gasteiger partial charge in [0, 0.05) is 33.0 Å². The van der Waals surface area contributed by atoms with Gasteiger partial charge in [0.25, 0.3) is 0 Å². The third-order valence-electron chi connectivity index (χ3n) is 16.2. The minimum Gasteiger partial charge on any atom is -0.455 e. The molecule has 2 saturated heterocycles. The van der Waals surface area contributed by atoms with Gasteiger partial charge in [-0.05, 0) is 109 Å². The van der Waals surface area contributed by atoms with Gasteiger partial charge in [0.1, 0.15) is 6.10 Å². The molecule has 49 heavy (non-hydrogen) atoms. The second-order valence-electron chi connectivity index (χ2n) is 18.9. The number of esters is 1. The number of nitrogens with zero attached hydrogens (tertiary/aromatic N) is 2. The van der Waals surface area contributed by atoms with Gasteiger partial charge >= 0.3 is 5.97 Å². The predicted molar refractivity (Wildman–Crippen MR) is 186 cm³/mol. The van der Waals surface area contributed by atoms with Crippen LogP contribution in [0, 0.1) is 50.7 Å². The van der Waals surface area contributed by atoms with Crippen molar-refractivity contribution in [3.63, 3.8) is 0 Å². The summed E-state index contributed by atoms with van der Waals surface area (Å²) in [7, 11) is 3.61. The maximum atomic E-state index is 12.6. The highest BCUT2D eigenvalue weighted by Gasteiger charge is 2.84. The lowest BCUT2D eigenvalue weighted by Gasteiger charge is -2.64. The number of rotatable bonds is 7. The summed E-state index contributed by atoms with van der Waals surface area (Å²) in [5.41, 5.74) is 1.07. The van der Waals surface area contributed by atoms with Gasteiger partial charge in [0.2, 0.25) is 5.91 Å². The minimum absolute atomic E-state index is 0.000860. The highest BCUT2D eigenvalue weighted by atomic mass is 16.7. The molecule has 1 amide bonds. The minimum atomic E-state index is -0.564. The number of aliphatic hydroxyl groups excluding tert-OH is 1. The van der Waals surface area contributed by atoms with Crippen molar-refractivity contribution in [3.05, 3.63) is 12.2 Å². The van der Waals surface area contributed by atoms with Crippen molar-refractivity contribution in [1.29, 1.82) is 0 Å². The molecular weight excluding hydrogens is 620 g/mol. The van der Waals surface area contributed by atoms with Crippen molar-refractivity contribution in [3.8, 4) is 0 Å². The highest BCUT2D eigenvalue weighted by Crippen LogP contribution is 2.89. The molecule has 7 fully saturated rings. The van der Waals surface area contributed by atoms with E-state index in [0.717, 1.165) is 44.2 Å². The fraction of sp³-hybridized carbons (Fsp3) is 0.900. The van der Waals surface area contributed by atoms with E-state index in [-0.39, 0.29) is 64.1 Å². The molecule has 2 spiro atoms. The monoisotopic (exact) mass is 684 g/mol. The zero-order valence-corrected chi connectivity index (χ0v) is 31.8. The molecule has 0 radical (unpaired) electrons. The van der Waals surface area contributed by atoms with E-state index in [1.165, 1.54) is 26.2 Å². The number of carbonyl (C=O) groups excluding carboxylic acids is 2. The van der Waals surface area contributed by atoms with Crippen LogP contribution in [0.5, 0.6) is 0 Å². The van der Waals surface area contributed by atoms with Crippen molar-refractivity contribution in [2.45, 2.75) is 137 Å². The van der Waals surface area contributed by atoms with Crippen molar-refractivity contribution in [1.82, 2.24) is 9.80 Å². The average Bonchev–Trinajstić information content (AvgIpc) is 3.66. The molecule has 0 aromatic rings. The summed E-state index contributed by atoms with van der Waals surface area (Å²) in [4.78, 5) is 28.3. The molecule has 0 aromatic carbocycles. The Morgan fingerprint density at radius 2 is 1.73 bits per heavy atom. The Labute approximate surface area is 294 Å². The number of likely N-dealkylation sites (N-methyl/N-ethyl adjacent to an activating group) is 1. The van der Waals surface area contributed by atoms with Crippen LogP contribution in [0.2, 0.25) is 0 Å². The number of carbonyl (C=O) groups is 2. The largest absolute Gasteiger partial charge is 0.455 e. The van der Waals surface area contributed by atoms with Crippen LogP contribution in [0.3, 0.4) is 0 Å². The maximum absolute atomic E-state index is 12.6. The fourth-order valence-electron chi connectivity index (χ4n) is 13.8. The summed E-state index contributed by atoms with van der Waals surface area (Å²) < 4.78 is 25.6. The number of morpholine rings is 1. The Balaban J connectivity index is 1.09. The van der Waals surface area contributed by atoms with Crippen molar-refractivity contribution < 1.29 is 33.6 Å². The molecule has 9 heteroatoms. The summed E-state index contributed by atoms with van der Waals surface area (Å²) in [6.07, 6.45) is 7.09. The van der Waals surface area contributed by atoms with E-state index in [2.05, 4.69) is 46.1 Å². The second-order valence-corrected chi connectivity index (χ2v) is 18.9. The van der Waals surface area contributed by atoms with E-state index in [4.69, 9.17) is 18.9 Å². The van der Waals surface area contributed by atoms with Crippen LogP contribution in [-0.2, 0) is 28.5 Å². The van der Waals surface area contributed by atoms with E-state index in [9.17, 15) is 14.7 Å². The molecule has 1 N–H and O–H groups in total. The first kappa shape index (κ1) is 35.9. The first-order valence-corrected chi connectivity index (χ1v) is 19.3. The molecule has 14 atom stereocenters. The van der Waals surface area contributed by atoms with Gasteiger partial charge in [0.15, 0.2) is 6.29 Å². The van der Waals surface area contributed by atoms with Crippen LogP contribution in [0.4, 0.5) is 0 Å². The Morgan fingerprint density at radius 3 is 2.41 bits per heavy atom. The average molecular weight is 685 g/mol. The van der Waals surface area contributed by atoms with Gasteiger partial charge in [-0.25, -0.2) is 0 Å². The van der Waals surface area contributed by atoms with E-state index in [0.29, 0.717) is 42.9 Å². The lowest BCUT2D eigenvalue weighted by Crippen LogP contribution is -2.60. The summed E-state index contributed by atoms with van der Waals surface area (Å²) in [6, 6.07) is 0. The van der Waals surface area contributed by atoms with Gasteiger partial charge < -0.3 is 29.0 Å². The quantitative estimate of drug-likeness (QED) is 0.280. The van der Waals surface area contributed by atoms with E-state index >= 15 is 0 Å². The van der Waals surface area contributed by atoms with Gasteiger partial charge in [-0.1, -0.05) is 41.2 Å². The molecule has 0 aromatic heterocycles. The molecule has 3 unspecified atom stereocenters. The van der Waals surface area contributed by atoms with Gasteiger partial charge in [-0.2, -0.15) is 0 Å². The highest BCUT2D eigenvalue weighted by molar-refractivity contribution is 5.77. The Kier molecular flexibility index (Phi) is 8.79. The number of ether oxygens (including phenoxy) is 4. The summed E-state index contributed by atoms with van der Waals surface area (Å²) in [5.74, 6) is 1.41. The predicted octanol–water partition coefficient (Wildman–Crippen LogP) is 5.44. The van der Waals surface area contributed by atoms with Gasteiger partial charge in [-0.3, -0.25) is 14.5 Å². The molecule has 276 valence electrons. The molecule has 9 nitrogen and oxygen atoms in total. The number of hydrogen-bond acceptors (Lipinski definition) is 8. The van der Waals surface area contributed by atoms with Gasteiger partial charge in [-0.15, -0.1) is 0 Å². The molecule has 0 bridgehead atoms. The molecule has 7 rings (SSSR count). The number of fused-ring (bicyclic) bond motifs is 4. The molecule has 2 heterocycles. The van der Waals surface area contributed by atoms with Crippen LogP contribution in [0.15, 0.2) is 12.2 Å². The van der Waals surface area contributed by atoms with Crippen molar-refractivity contribution in [2.75, 3.05) is 40.3 Å². The van der Waals surface area contributed by atoms with Crippen LogP contribution < -0.4 is 0 Å². The normalized spacial score (nSPS) is 48.9. The zero-order chi connectivity index (χ0) is 35.5. The molecule has 5 aliphatic carbocycles. The zero-order valence-electron chi connectivity index (χ0n) is 31.8. The molecule has 2 aliphatic heterocycles. The fourth-order valence-corrected chi connectivity index (χ4v) is 13.8. The molecular formula is C40H64N2O7. The standard InChI is InChI=1S/C40H64N2O7/c1-23(2)33(47-25(4)43)26-19-24(3)32-34(48-26)35(45)38(8)28-12-11-27-36(5,6)29(13-14-39(27)22-40(28,39)16-15-37(32,38)7)49-31-21-42(17-18-46-31)20-30(44)41(9)10/h24,26-29,31-35,45H,1,11-22H2,2-10H3/t24-,26?,27+,28?,29+,31+,32+,33-,34?,35+,37-,38-,39-,40+/m1/s1. The Morgan fingerprint density at radius 1 is 1.04 bits per heavy atom. The van der Waals surface area contributed by atoms with Crippen LogP contribution in [0.1, 0.15) is 99.8 Å². The van der Waals surface area contributed by atoms with Crippen LogP contribution in [0.25, 0.3) is 0 Å². The van der Waals surface area contributed by atoms with E-state index in [1.807, 2.05) is 6.92 Å². The topological polar surface area (TPSA) is 97.8 Å². The number of hydrogen-bond donors (Lipinski definition) is 1. The van der Waals surface area contributed by atoms with Crippen molar-refractivity contribution in [2.24, 2.45) is 50.7 Å². The van der Waals surface area contributed by atoms with E-state index < -0.39 is 12.2 Å². The lowest BCUT2D eigenvalue weighted by molar-refractivity contribution is -0.248. The third kappa shape index (κ3) is 5.08. The van der Waals surface area contributed by atoms with Gasteiger partial charge in [0.05, 0.1) is 44.1 Å². The lowest BCUT2D eigenvalue weighted by atomic mass is 9.41. The summed E-state index contributed by atoms with van der Waals surface area (Å²) >= 11 is 0. The summed E-state index contributed by atoms with van der Waals surface area (Å²) in [5, 5.41) is 12.6. The second kappa shape index (κ2) is 12.0. The Bertz CT molecular complexity index is 1350. The molecule has 7 aliphatic rings. The van der Waals surface area contributed by atoms with E-state index in [1.54, 1.807) is 19.0 Å².